The highest BCUT2D eigenvalue weighted by Crippen LogP contribution is 2.23. The Balaban J connectivity index is 1.60. The minimum atomic E-state index is -0.829. The Bertz CT molecular complexity index is 1330. The van der Waals surface area contributed by atoms with E-state index in [2.05, 4.69) is 20.6 Å². The third-order valence-corrected chi connectivity index (χ3v) is 5.28. The molecule has 4 rings (SSSR count). The lowest BCUT2D eigenvalue weighted by Crippen LogP contribution is -2.47. The van der Waals surface area contributed by atoms with Crippen molar-refractivity contribution in [2.45, 2.75) is 45.8 Å². The number of carbonyl (C=O) groups excluding carboxylic acids is 2. The van der Waals surface area contributed by atoms with Gasteiger partial charge in [0.2, 0.25) is 5.91 Å². The van der Waals surface area contributed by atoms with Gasteiger partial charge in [0, 0.05) is 36.3 Å². The first-order valence-electron chi connectivity index (χ1n) is 10.9. The summed E-state index contributed by atoms with van der Waals surface area (Å²) in [5, 5.41) is 6.72. The van der Waals surface area contributed by atoms with Crippen LogP contribution in [0.4, 0.5) is 10.5 Å². The molecule has 0 unspecified atom stereocenters. The molecule has 2 aromatic heterocycles. The number of rotatable bonds is 5. The predicted octanol–water partition coefficient (Wildman–Crippen LogP) is 4.44. The summed E-state index contributed by atoms with van der Waals surface area (Å²) in [6.07, 6.45) is 1.67. The van der Waals surface area contributed by atoms with Gasteiger partial charge in [-0.2, -0.15) is 0 Å². The summed E-state index contributed by atoms with van der Waals surface area (Å²) in [6, 6.07) is 12.6. The number of nitrogens with zero attached hydrogens (tertiary/aromatic N) is 2. The largest absolute Gasteiger partial charge is 0.444 e. The molecular formula is C25H29N5O3. The van der Waals surface area contributed by atoms with Crippen LogP contribution in [0, 0.1) is 6.92 Å². The van der Waals surface area contributed by atoms with E-state index in [0.29, 0.717) is 12.1 Å². The minimum absolute atomic E-state index is 0.317. The number of alkyl carbamates (subject to hydrolysis) is 1. The topological polar surface area (TPSA) is 101 Å². The molecule has 0 spiro atoms. The fourth-order valence-corrected chi connectivity index (χ4v) is 3.91. The van der Waals surface area contributed by atoms with Crippen LogP contribution in [0.25, 0.3) is 21.9 Å². The van der Waals surface area contributed by atoms with E-state index < -0.39 is 17.7 Å². The number of fused-ring (bicyclic) bond motifs is 2. The molecule has 0 radical (unpaired) electrons. The number of aromatic nitrogens is 3. The van der Waals surface area contributed by atoms with Gasteiger partial charge in [-0.1, -0.05) is 18.2 Å². The van der Waals surface area contributed by atoms with Crippen LogP contribution in [-0.4, -0.2) is 38.2 Å². The Hall–Kier alpha value is -3.81. The van der Waals surface area contributed by atoms with Crippen LogP contribution >= 0.6 is 0 Å². The molecule has 0 saturated heterocycles. The molecule has 33 heavy (non-hydrogen) atoms. The first kappa shape index (κ1) is 22.4. The van der Waals surface area contributed by atoms with Gasteiger partial charge in [0.1, 0.15) is 17.5 Å². The lowest BCUT2D eigenvalue weighted by atomic mass is 10.0. The number of ether oxygens (including phenoxy) is 1. The average Bonchev–Trinajstić information content (AvgIpc) is 3.25. The van der Waals surface area contributed by atoms with E-state index in [1.807, 2.05) is 61.1 Å². The molecule has 8 heteroatoms. The smallest absolute Gasteiger partial charge is 0.408 e. The van der Waals surface area contributed by atoms with Crippen molar-refractivity contribution in [2.24, 2.45) is 7.05 Å². The van der Waals surface area contributed by atoms with Crippen molar-refractivity contribution in [2.75, 3.05) is 5.32 Å². The lowest BCUT2D eigenvalue weighted by Gasteiger charge is -2.23. The Morgan fingerprint density at radius 2 is 1.94 bits per heavy atom. The second-order valence-electron chi connectivity index (χ2n) is 9.23. The molecule has 3 N–H and O–H groups in total. The fourth-order valence-electron chi connectivity index (χ4n) is 3.91. The SMILES string of the molecule is Cc1nc2ccc(NC(=O)[C@@H](Cc3cn(C)c4ccccc34)NC(=O)OC(C)(C)C)cc2[nH]1. The zero-order valence-electron chi connectivity index (χ0n) is 19.5. The van der Waals surface area contributed by atoms with Gasteiger partial charge in [0.05, 0.1) is 11.0 Å². The summed E-state index contributed by atoms with van der Waals surface area (Å²) in [4.78, 5) is 33.4. The van der Waals surface area contributed by atoms with E-state index in [9.17, 15) is 9.59 Å². The maximum atomic E-state index is 13.3. The summed E-state index contributed by atoms with van der Waals surface area (Å²) < 4.78 is 7.43. The van der Waals surface area contributed by atoms with Crippen molar-refractivity contribution in [1.29, 1.82) is 0 Å². The number of nitrogens with one attached hydrogen (secondary N) is 3. The Morgan fingerprint density at radius 1 is 1.18 bits per heavy atom. The van der Waals surface area contributed by atoms with Crippen molar-refractivity contribution in [1.82, 2.24) is 19.9 Å². The summed E-state index contributed by atoms with van der Waals surface area (Å²) in [5.41, 5.74) is 3.62. The number of imidazole rings is 1. The van der Waals surface area contributed by atoms with E-state index in [-0.39, 0.29) is 5.91 Å². The van der Waals surface area contributed by atoms with Crippen LogP contribution in [0.1, 0.15) is 32.2 Å². The van der Waals surface area contributed by atoms with Gasteiger partial charge in [0.15, 0.2) is 0 Å². The van der Waals surface area contributed by atoms with Crippen molar-refractivity contribution >= 4 is 39.6 Å². The molecule has 2 heterocycles. The monoisotopic (exact) mass is 447 g/mol. The highest BCUT2D eigenvalue weighted by molar-refractivity contribution is 5.98. The summed E-state index contributed by atoms with van der Waals surface area (Å²) in [7, 11) is 1.96. The van der Waals surface area contributed by atoms with Gasteiger partial charge in [0.25, 0.3) is 0 Å². The van der Waals surface area contributed by atoms with Gasteiger partial charge >= 0.3 is 6.09 Å². The summed E-state index contributed by atoms with van der Waals surface area (Å²) in [5.74, 6) is 0.471. The van der Waals surface area contributed by atoms with E-state index >= 15 is 0 Å². The second-order valence-corrected chi connectivity index (χ2v) is 9.23. The normalized spacial score (nSPS) is 12.6. The van der Waals surface area contributed by atoms with E-state index in [1.165, 1.54) is 0 Å². The maximum Gasteiger partial charge on any atom is 0.408 e. The van der Waals surface area contributed by atoms with Crippen LogP contribution in [0.5, 0.6) is 0 Å². The number of carbonyl (C=O) groups is 2. The number of hydrogen-bond acceptors (Lipinski definition) is 4. The van der Waals surface area contributed by atoms with Crippen LogP contribution in [-0.2, 0) is 23.0 Å². The van der Waals surface area contributed by atoms with Crippen LogP contribution in [0.15, 0.2) is 48.7 Å². The number of benzene rings is 2. The zero-order valence-corrected chi connectivity index (χ0v) is 19.5. The van der Waals surface area contributed by atoms with Gasteiger partial charge in [-0.25, -0.2) is 9.78 Å². The van der Waals surface area contributed by atoms with E-state index in [0.717, 1.165) is 33.3 Å². The predicted molar refractivity (Wildman–Crippen MR) is 129 cm³/mol. The maximum absolute atomic E-state index is 13.3. The van der Waals surface area contributed by atoms with Crippen LogP contribution in [0.2, 0.25) is 0 Å². The molecule has 2 aromatic carbocycles. The third kappa shape index (κ3) is 5.16. The van der Waals surface area contributed by atoms with Crippen molar-refractivity contribution < 1.29 is 14.3 Å². The molecule has 2 amide bonds. The first-order chi connectivity index (χ1) is 15.6. The molecule has 0 aliphatic heterocycles. The standard InChI is InChI=1S/C25H29N5O3/c1-15-26-19-11-10-17(13-20(19)27-15)28-23(31)21(29-24(32)33-25(2,3)4)12-16-14-30(5)22-9-7-6-8-18(16)22/h6-11,13-14,21H,12H2,1-5H3,(H,26,27)(H,28,31)(H,29,32)/t21-/m1/s1. The molecule has 4 aromatic rings. The van der Waals surface area contributed by atoms with Crippen molar-refractivity contribution in [3.63, 3.8) is 0 Å². The molecule has 0 aliphatic rings. The number of aryl methyl sites for hydroxylation is 2. The lowest BCUT2D eigenvalue weighted by molar-refractivity contribution is -0.118. The number of anilines is 1. The van der Waals surface area contributed by atoms with Crippen molar-refractivity contribution in [3.8, 4) is 0 Å². The molecule has 172 valence electrons. The molecule has 0 fully saturated rings. The molecule has 0 saturated carbocycles. The van der Waals surface area contributed by atoms with Gasteiger partial charge < -0.3 is 24.9 Å². The fraction of sp³-hybridized carbons (Fsp3) is 0.320. The number of H-pyrrole nitrogens is 1. The van der Waals surface area contributed by atoms with Gasteiger partial charge in [-0.3, -0.25) is 4.79 Å². The Labute approximate surface area is 192 Å². The van der Waals surface area contributed by atoms with Gasteiger partial charge in [-0.05, 0) is 57.5 Å². The summed E-state index contributed by atoms with van der Waals surface area (Å²) in [6.45, 7) is 7.24. The van der Waals surface area contributed by atoms with Gasteiger partial charge in [-0.15, -0.1) is 0 Å². The number of amides is 2. The average molecular weight is 448 g/mol. The van der Waals surface area contributed by atoms with Crippen molar-refractivity contribution in [3.05, 3.63) is 60.0 Å². The number of hydrogen-bond donors (Lipinski definition) is 3. The molecule has 1 atom stereocenters. The highest BCUT2D eigenvalue weighted by atomic mass is 16.6. The molecule has 8 nitrogen and oxygen atoms in total. The molecule has 0 bridgehead atoms. The van der Waals surface area contributed by atoms with E-state index in [4.69, 9.17) is 4.74 Å². The van der Waals surface area contributed by atoms with Crippen LogP contribution in [0.3, 0.4) is 0 Å². The molecular weight excluding hydrogens is 418 g/mol. The Morgan fingerprint density at radius 3 is 2.70 bits per heavy atom. The van der Waals surface area contributed by atoms with E-state index in [1.54, 1.807) is 26.8 Å². The number of para-hydroxylation sites is 1. The first-order valence-corrected chi connectivity index (χ1v) is 10.9. The minimum Gasteiger partial charge on any atom is -0.444 e. The second kappa shape index (κ2) is 8.61. The Kier molecular flexibility index (Phi) is 5.84. The third-order valence-electron chi connectivity index (χ3n) is 5.28. The quantitative estimate of drug-likeness (QED) is 0.421. The molecule has 0 aliphatic carbocycles. The zero-order chi connectivity index (χ0) is 23.8. The highest BCUT2D eigenvalue weighted by Gasteiger charge is 2.26. The van der Waals surface area contributed by atoms with Crippen LogP contribution < -0.4 is 10.6 Å². The number of aromatic amines is 1. The summed E-state index contributed by atoms with van der Waals surface area (Å²) >= 11 is 0.